The highest BCUT2D eigenvalue weighted by atomic mass is 19.1. The van der Waals surface area contributed by atoms with Gasteiger partial charge in [0, 0.05) is 17.4 Å². The second kappa shape index (κ2) is 8.98. The molecule has 0 saturated heterocycles. The molecule has 0 aliphatic rings. The van der Waals surface area contributed by atoms with Gasteiger partial charge in [0.1, 0.15) is 17.3 Å². The molecule has 1 aromatic heterocycles. The Morgan fingerprint density at radius 1 is 0.906 bits per heavy atom. The molecular formula is C26H23FN2O3. The molecule has 4 aromatic rings. The SMILES string of the molecule is COc1ccc(OC)c(-n2c(-c3ccccc3)cc(C(=O)Nc3ccc(F)cc3)c2C)c1. The minimum absolute atomic E-state index is 0.285. The maximum atomic E-state index is 13.2. The molecule has 32 heavy (non-hydrogen) atoms. The van der Waals surface area contributed by atoms with Crippen LogP contribution in [0.2, 0.25) is 0 Å². The molecule has 0 fully saturated rings. The van der Waals surface area contributed by atoms with Crippen molar-refractivity contribution in [3.63, 3.8) is 0 Å². The van der Waals surface area contributed by atoms with Crippen LogP contribution in [0.15, 0.2) is 78.9 Å². The quantitative estimate of drug-likeness (QED) is 0.417. The fourth-order valence-electron chi connectivity index (χ4n) is 3.67. The van der Waals surface area contributed by atoms with Crippen LogP contribution in [-0.2, 0) is 0 Å². The van der Waals surface area contributed by atoms with Gasteiger partial charge in [-0.25, -0.2) is 4.39 Å². The van der Waals surface area contributed by atoms with Gasteiger partial charge in [-0.1, -0.05) is 30.3 Å². The molecule has 162 valence electrons. The molecular weight excluding hydrogens is 407 g/mol. The highest BCUT2D eigenvalue weighted by Gasteiger charge is 2.22. The molecule has 0 aliphatic heterocycles. The molecule has 0 bridgehead atoms. The highest BCUT2D eigenvalue weighted by molar-refractivity contribution is 6.06. The molecule has 6 heteroatoms. The van der Waals surface area contributed by atoms with Crippen LogP contribution in [0.5, 0.6) is 11.5 Å². The summed E-state index contributed by atoms with van der Waals surface area (Å²) in [6, 6.07) is 22.9. The summed E-state index contributed by atoms with van der Waals surface area (Å²) in [5.41, 5.74) is 4.28. The predicted molar refractivity (Wildman–Crippen MR) is 123 cm³/mol. The Hall–Kier alpha value is -4.06. The third kappa shape index (κ3) is 4.07. The molecule has 3 aromatic carbocycles. The summed E-state index contributed by atoms with van der Waals surface area (Å²) < 4.78 is 26.3. The molecule has 0 radical (unpaired) electrons. The highest BCUT2D eigenvalue weighted by Crippen LogP contribution is 2.35. The van der Waals surface area contributed by atoms with Gasteiger partial charge in [0.25, 0.3) is 5.91 Å². The van der Waals surface area contributed by atoms with Crippen LogP contribution in [0.3, 0.4) is 0 Å². The van der Waals surface area contributed by atoms with Crippen molar-refractivity contribution < 1.29 is 18.7 Å². The number of nitrogens with zero attached hydrogens (tertiary/aromatic N) is 1. The number of carbonyl (C=O) groups excluding carboxylic acids is 1. The largest absolute Gasteiger partial charge is 0.497 e. The van der Waals surface area contributed by atoms with E-state index < -0.39 is 0 Å². The summed E-state index contributed by atoms with van der Waals surface area (Å²) in [6.45, 7) is 1.88. The Morgan fingerprint density at radius 3 is 2.28 bits per heavy atom. The predicted octanol–water partition coefficient (Wildman–Crippen LogP) is 5.86. The summed E-state index contributed by atoms with van der Waals surface area (Å²) in [5.74, 6) is 0.672. The molecule has 0 aliphatic carbocycles. The first-order chi connectivity index (χ1) is 15.5. The second-order valence-electron chi connectivity index (χ2n) is 7.23. The first-order valence-electron chi connectivity index (χ1n) is 10.1. The maximum Gasteiger partial charge on any atom is 0.257 e. The third-order valence-corrected chi connectivity index (χ3v) is 5.29. The molecule has 1 N–H and O–H groups in total. The molecule has 0 atom stereocenters. The Kier molecular flexibility index (Phi) is 5.94. The van der Waals surface area contributed by atoms with Crippen molar-refractivity contribution in [1.82, 2.24) is 4.57 Å². The van der Waals surface area contributed by atoms with E-state index in [0.29, 0.717) is 22.7 Å². The van der Waals surface area contributed by atoms with Crippen molar-refractivity contribution in [3.8, 4) is 28.4 Å². The molecule has 0 spiro atoms. The summed E-state index contributed by atoms with van der Waals surface area (Å²) in [7, 11) is 3.21. The average Bonchev–Trinajstić information content (AvgIpc) is 3.17. The Morgan fingerprint density at radius 2 is 1.62 bits per heavy atom. The second-order valence-corrected chi connectivity index (χ2v) is 7.23. The summed E-state index contributed by atoms with van der Waals surface area (Å²) >= 11 is 0. The van der Waals surface area contributed by atoms with Gasteiger partial charge in [-0.05, 0) is 55.0 Å². The maximum absolute atomic E-state index is 13.2. The monoisotopic (exact) mass is 430 g/mol. The topological polar surface area (TPSA) is 52.5 Å². The number of anilines is 1. The number of amides is 1. The van der Waals surface area contributed by atoms with Crippen molar-refractivity contribution in [1.29, 1.82) is 0 Å². The molecule has 1 amide bonds. The molecule has 5 nitrogen and oxygen atoms in total. The van der Waals surface area contributed by atoms with Gasteiger partial charge >= 0.3 is 0 Å². The van der Waals surface area contributed by atoms with E-state index in [1.807, 2.05) is 66.1 Å². The number of carbonyl (C=O) groups is 1. The normalized spacial score (nSPS) is 10.6. The van der Waals surface area contributed by atoms with E-state index in [1.54, 1.807) is 14.2 Å². The number of methoxy groups -OCH3 is 2. The number of hydrogen-bond acceptors (Lipinski definition) is 3. The Balaban J connectivity index is 1.87. The lowest BCUT2D eigenvalue weighted by atomic mass is 10.1. The van der Waals surface area contributed by atoms with E-state index in [4.69, 9.17) is 9.47 Å². The molecule has 0 saturated carbocycles. The lowest BCUT2D eigenvalue weighted by Crippen LogP contribution is -2.13. The van der Waals surface area contributed by atoms with Crippen molar-refractivity contribution in [2.24, 2.45) is 0 Å². The van der Waals surface area contributed by atoms with Gasteiger partial charge < -0.3 is 19.4 Å². The number of aromatic nitrogens is 1. The van der Waals surface area contributed by atoms with Crippen molar-refractivity contribution in [2.75, 3.05) is 19.5 Å². The third-order valence-electron chi connectivity index (χ3n) is 5.29. The Labute approximate surface area is 186 Å². The van der Waals surface area contributed by atoms with Crippen LogP contribution < -0.4 is 14.8 Å². The minimum atomic E-state index is -0.359. The number of hydrogen-bond donors (Lipinski definition) is 1. The first-order valence-corrected chi connectivity index (χ1v) is 10.1. The van der Waals surface area contributed by atoms with E-state index in [2.05, 4.69) is 5.32 Å². The van der Waals surface area contributed by atoms with E-state index in [9.17, 15) is 9.18 Å². The van der Waals surface area contributed by atoms with E-state index in [-0.39, 0.29) is 11.7 Å². The van der Waals surface area contributed by atoms with Crippen LogP contribution >= 0.6 is 0 Å². The minimum Gasteiger partial charge on any atom is -0.497 e. The van der Waals surface area contributed by atoms with Crippen LogP contribution in [0, 0.1) is 12.7 Å². The molecule has 4 rings (SSSR count). The summed E-state index contributed by atoms with van der Waals surface area (Å²) in [6.07, 6.45) is 0. The van der Waals surface area contributed by atoms with Crippen LogP contribution in [-0.4, -0.2) is 24.7 Å². The van der Waals surface area contributed by atoms with Gasteiger partial charge in [-0.15, -0.1) is 0 Å². The van der Waals surface area contributed by atoms with Gasteiger partial charge in [0.2, 0.25) is 0 Å². The number of benzene rings is 3. The van der Waals surface area contributed by atoms with Crippen LogP contribution in [0.4, 0.5) is 10.1 Å². The van der Waals surface area contributed by atoms with Crippen LogP contribution in [0.25, 0.3) is 16.9 Å². The number of halogens is 1. The number of nitrogens with one attached hydrogen (secondary N) is 1. The zero-order valence-corrected chi connectivity index (χ0v) is 18.1. The zero-order valence-electron chi connectivity index (χ0n) is 18.1. The van der Waals surface area contributed by atoms with Crippen LogP contribution in [0.1, 0.15) is 16.1 Å². The van der Waals surface area contributed by atoms with Crippen molar-refractivity contribution in [2.45, 2.75) is 6.92 Å². The standard InChI is InChI=1S/C26H23FN2O3/c1-17-22(26(30)28-20-11-9-19(27)10-12-20)16-23(18-7-5-4-6-8-18)29(17)24-15-21(31-2)13-14-25(24)32-3/h4-16H,1-3H3,(H,28,30). The van der Waals surface area contributed by atoms with Gasteiger partial charge in [-0.2, -0.15) is 0 Å². The van der Waals surface area contributed by atoms with Crippen molar-refractivity contribution in [3.05, 3.63) is 95.9 Å². The van der Waals surface area contributed by atoms with Gasteiger partial charge in [0.15, 0.2) is 0 Å². The Bertz CT molecular complexity index is 1250. The van der Waals surface area contributed by atoms with E-state index >= 15 is 0 Å². The van der Waals surface area contributed by atoms with Gasteiger partial charge in [0.05, 0.1) is 31.2 Å². The summed E-state index contributed by atoms with van der Waals surface area (Å²) in [5, 5.41) is 2.85. The lowest BCUT2D eigenvalue weighted by Gasteiger charge is -2.17. The summed E-state index contributed by atoms with van der Waals surface area (Å²) in [4.78, 5) is 13.2. The smallest absolute Gasteiger partial charge is 0.257 e. The number of ether oxygens (including phenoxy) is 2. The lowest BCUT2D eigenvalue weighted by molar-refractivity contribution is 0.102. The first kappa shape index (κ1) is 21.2. The zero-order chi connectivity index (χ0) is 22.7. The fraction of sp³-hybridized carbons (Fsp3) is 0.115. The van der Waals surface area contributed by atoms with E-state index in [0.717, 1.165) is 22.6 Å². The van der Waals surface area contributed by atoms with E-state index in [1.165, 1.54) is 24.3 Å². The molecule has 0 unspecified atom stereocenters. The average molecular weight is 430 g/mol. The fourth-order valence-corrected chi connectivity index (χ4v) is 3.67. The number of rotatable bonds is 6. The van der Waals surface area contributed by atoms with Gasteiger partial charge in [-0.3, -0.25) is 4.79 Å². The molecule has 1 heterocycles. The van der Waals surface area contributed by atoms with Crippen molar-refractivity contribution >= 4 is 11.6 Å².